The van der Waals surface area contributed by atoms with Gasteiger partial charge in [-0.25, -0.2) is 13.1 Å². The maximum absolute atomic E-state index is 12.2. The van der Waals surface area contributed by atoms with Gasteiger partial charge in [-0.2, -0.15) is 5.26 Å². The van der Waals surface area contributed by atoms with Crippen LogP contribution in [-0.2, 0) is 10.0 Å². The van der Waals surface area contributed by atoms with Gasteiger partial charge in [-0.1, -0.05) is 12.1 Å². The maximum atomic E-state index is 12.2. The topological polar surface area (TPSA) is 73.2 Å². The van der Waals surface area contributed by atoms with Gasteiger partial charge in [0.15, 0.2) is 0 Å². The molecule has 1 aromatic carbocycles. The van der Waals surface area contributed by atoms with Crippen LogP contribution in [0.25, 0.3) is 0 Å². The monoisotopic (exact) mass is 293 g/mol. The van der Waals surface area contributed by atoms with E-state index in [-0.39, 0.29) is 16.5 Å². The third-order valence-electron chi connectivity index (χ3n) is 3.68. The van der Waals surface area contributed by atoms with Crippen LogP contribution in [0.4, 0.5) is 0 Å². The molecule has 0 spiro atoms. The van der Waals surface area contributed by atoms with Crippen LogP contribution in [0.3, 0.4) is 0 Å². The van der Waals surface area contributed by atoms with E-state index in [0.29, 0.717) is 12.6 Å². The van der Waals surface area contributed by atoms with Crippen molar-refractivity contribution >= 4 is 10.0 Å². The second-order valence-electron chi connectivity index (χ2n) is 5.21. The van der Waals surface area contributed by atoms with Gasteiger partial charge in [-0.05, 0) is 38.9 Å². The van der Waals surface area contributed by atoms with Gasteiger partial charge in [0, 0.05) is 18.6 Å². The second kappa shape index (κ2) is 5.92. The lowest BCUT2D eigenvalue weighted by molar-refractivity contribution is 0.248. The quantitative estimate of drug-likeness (QED) is 0.858. The van der Waals surface area contributed by atoms with Gasteiger partial charge in [0.1, 0.15) is 6.07 Å². The average molecular weight is 293 g/mol. The Balaban J connectivity index is 2.06. The minimum atomic E-state index is -3.64. The van der Waals surface area contributed by atoms with Crippen LogP contribution in [0.15, 0.2) is 29.2 Å². The maximum Gasteiger partial charge on any atom is 0.241 e. The fourth-order valence-electron chi connectivity index (χ4n) is 2.09. The minimum absolute atomic E-state index is 0.0452. The highest BCUT2D eigenvalue weighted by Gasteiger charge is 2.29. The third-order valence-corrected chi connectivity index (χ3v) is 5.17. The molecule has 1 unspecified atom stereocenters. The molecule has 1 aliphatic rings. The standard InChI is InChI=1S/C14H19N3O2S/c1-11(17(2)13-7-8-13)10-16-20(18,19)14-6-4-3-5-12(14)9-15/h3-6,11,13,16H,7-8,10H2,1-2H3. The SMILES string of the molecule is CC(CNS(=O)(=O)c1ccccc1C#N)N(C)C1CC1. The van der Waals surface area contributed by atoms with E-state index in [1.54, 1.807) is 12.1 Å². The minimum Gasteiger partial charge on any atom is -0.299 e. The molecule has 1 fully saturated rings. The van der Waals surface area contributed by atoms with Gasteiger partial charge in [0.25, 0.3) is 0 Å². The van der Waals surface area contributed by atoms with Crippen molar-refractivity contribution in [2.45, 2.75) is 36.7 Å². The molecule has 1 aliphatic carbocycles. The summed E-state index contributed by atoms with van der Waals surface area (Å²) >= 11 is 0. The Bertz CT molecular complexity index is 618. The zero-order chi connectivity index (χ0) is 14.8. The van der Waals surface area contributed by atoms with E-state index in [1.807, 2.05) is 20.0 Å². The van der Waals surface area contributed by atoms with Gasteiger partial charge in [-0.3, -0.25) is 4.90 Å². The van der Waals surface area contributed by atoms with E-state index in [9.17, 15) is 8.42 Å². The van der Waals surface area contributed by atoms with Crippen molar-refractivity contribution in [2.75, 3.05) is 13.6 Å². The summed E-state index contributed by atoms with van der Waals surface area (Å²) in [4.78, 5) is 2.24. The molecule has 1 N–H and O–H groups in total. The van der Waals surface area contributed by atoms with Crippen LogP contribution >= 0.6 is 0 Å². The summed E-state index contributed by atoms with van der Waals surface area (Å²) < 4.78 is 27.1. The molecule has 0 saturated heterocycles. The van der Waals surface area contributed by atoms with Gasteiger partial charge in [-0.15, -0.1) is 0 Å². The summed E-state index contributed by atoms with van der Waals surface area (Å²) in [6.07, 6.45) is 2.37. The Hall–Kier alpha value is -1.42. The number of rotatable bonds is 6. The summed E-state index contributed by atoms with van der Waals surface area (Å²) in [7, 11) is -1.62. The van der Waals surface area contributed by atoms with E-state index in [4.69, 9.17) is 5.26 Å². The third kappa shape index (κ3) is 3.37. The first-order valence-corrected chi connectivity index (χ1v) is 8.14. The number of hydrogen-bond acceptors (Lipinski definition) is 4. The zero-order valence-corrected chi connectivity index (χ0v) is 12.5. The molecule has 0 aromatic heterocycles. The number of sulfonamides is 1. The van der Waals surface area contributed by atoms with E-state index in [2.05, 4.69) is 9.62 Å². The molecule has 108 valence electrons. The largest absolute Gasteiger partial charge is 0.299 e. The predicted molar refractivity (Wildman–Crippen MR) is 76.6 cm³/mol. The molecule has 0 bridgehead atoms. The molecule has 5 nitrogen and oxygen atoms in total. The molecule has 0 aliphatic heterocycles. The highest BCUT2D eigenvalue weighted by molar-refractivity contribution is 7.89. The Labute approximate surface area is 120 Å². The highest BCUT2D eigenvalue weighted by Crippen LogP contribution is 2.26. The fourth-order valence-corrected chi connectivity index (χ4v) is 3.36. The summed E-state index contributed by atoms with van der Waals surface area (Å²) in [5.74, 6) is 0. The van der Waals surface area contributed by atoms with E-state index in [0.717, 1.165) is 0 Å². The van der Waals surface area contributed by atoms with Gasteiger partial charge < -0.3 is 0 Å². The fraction of sp³-hybridized carbons (Fsp3) is 0.500. The number of hydrogen-bond donors (Lipinski definition) is 1. The lowest BCUT2D eigenvalue weighted by Crippen LogP contribution is -2.41. The molecule has 1 aromatic rings. The first-order chi connectivity index (χ1) is 9.45. The number of nitrogens with zero attached hydrogens (tertiary/aromatic N) is 2. The first kappa shape index (κ1) is 15.0. The summed E-state index contributed by atoms with van der Waals surface area (Å²) in [6, 6.07) is 8.86. The van der Waals surface area contributed by atoms with Crippen LogP contribution in [0.2, 0.25) is 0 Å². The van der Waals surface area contributed by atoms with Gasteiger partial charge >= 0.3 is 0 Å². The van der Waals surface area contributed by atoms with Crippen molar-refractivity contribution in [3.8, 4) is 6.07 Å². The highest BCUT2D eigenvalue weighted by atomic mass is 32.2. The van der Waals surface area contributed by atoms with Gasteiger partial charge in [0.2, 0.25) is 10.0 Å². The summed E-state index contributed by atoms with van der Waals surface area (Å²) in [5, 5.41) is 8.98. The molecule has 0 amide bonds. The van der Waals surface area contributed by atoms with E-state index in [1.165, 1.54) is 25.0 Å². The summed E-state index contributed by atoms with van der Waals surface area (Å²) in [5.41, 5.74) is 0.170. The Morgan fingerprint density at radius 1 is 1.45 bits per heavy atom. The molecule has 2 rings (SSSR count). The molecular weight excluding hydrogens is 274 g/mol. The number of benzene rings is 1. The zero-order valence-electron chi connectivity index (χ0n) is 11.7. The first-order valence-electron chi connectivity index (χ1n) is 6.66. The van der Waals surface area contributed by atoms with Crippen molar-refractivity contribution in [2.24, 2.45) is 0 Å². The van der Waals surface area contributed by atoms with Crippen molar-refractivity contribution in [3.05, 3.63) is 29.8 Å². The molecule has 0 radical (unpaired) electrons. The summed E-state index contributed by atoms with van der Waals surface area (Å²) in [6.45, 7) is 2.34. The number of nitriles is 1. The smallest absolute Gasteiger partial charge is 0.241 e. The van der Waals surface area contributed by atoms with Crippen LogP contribution < -0.4 is 4.72 Å². The Kier molecular flexibility index (Phi) is 4.43. The van der Waals surface area contributed by atoms with Crippen LogP contribution in [0, 0.1) is 11.3 Å². The normalized spacial score (nSPS) is 16.9. The van der Waals surface area contributed by atoms with Crippen LogP contribution in [0.5, 0.6) is 0 Å². The Morgan fingerprint density at radius 3 is 2.70 bits per heavy atom. The molecule has 20 heavy (non-hydrogen) atoms. The lowest BCUT2D eigenvalue weighted by atomic mass is 10.2. The average Bonchev–Trinajstić information content (AvgIpc) is 3.28. The predicted octanol–water partition coefficient (Wildman–Crippen LogP) is 1.32. The van der Waals surface area contributed by atoms with Crippen molar-refractivity contribution in [1.29, 1.82) is 5.26 Å². The second-order valence-corrected chi connectivity index (χ2v) is 6.94. The Morgan fingerprint density at radius 2 is 2.10 bits per heavy atom. The lowest BCUT2D eigenvalue weighted by Gasteiger charge is -2.24. The molecule has 1 atom stereocenters. The number of nitrogens with one attached hydrogen (secondary N) is 1. The molecule has 0 heterocycles. The molecular formula is C14H19N3O2S. The molecule has 1 saturated carbocycles. The van der Waals surface area contributed by atoms with E-state index < -0.39 is 10.0 Å². The number of likely N-dealkylation sites (N-methyl/N-ethyl adjacent to an activating group) is 1. The molecule has 6 heteroatoms. The van der Waals surface area contributed by atoms with E-state index >= 15 is 0 Å². The van der Waals surface area contributed by atoms with Crippen LogP contribution in [0.1, 0.15) is 25.3 Å². The van der Waals surface area contributed by atoms with Crippen molar-refractivity contribution in [1.82, 2.24) is 9.62 Å². The van der Waals surface area contributed by atoms with Crippen molar-refractivity contribution in [3.63, 3.8) is 0 Å². The van der Waals surface area contributed by atoms with Gasteiger partial charge in [0.05, 0.1) is 10.5 Å². The van der Waals surface area contributed by atoms with Crippen LogP contribution in [-0.4, -0.2) is 39.0 Å². The van der Waals surface area contributed by atoms with Crippen molar-refractivity contribution < 1.29 is 8.42 Å².